The molecule has 110 valence electrons. The molecular formula is C11H11F3N2O3S. The molecule has 0 amide bonds. The van der Waals surface area contributed by atoms with Crippen LogP contribution in [0, 0.1) is 0 Å². The summed E-state index contributed by atoms with van der Waals surface area (Å²) in [6, 6.07) is 6.52. The molecule has 0 fully saturated rings. The first-order valence-corrected chi connectivity index (χ1v) is 6.97. The Balaban J connectivity index is 2.55. The molecule has 9 heteroatoms. The third kappa shape index (κ3) is 2.16. The quantitative estimate of drug-likeness (QED) is 0.904. The van der Waals surface area contributed by atoms with Crippen LogP contribution in [-0.4, -0.2) is 35.6 Å². The Kier molecular flexibility index (Phi) is 3.29. The number of rotatable bonds is 2. The fraction of sp³-hybridized carbons (Fsp3) is 0.364. The van der Waals surface area contributed by atoms with E-state index in [1.165, 1.54) is 25.1 Å². The van der Waals surface area contributed by atoms with Crippen LogP contribution in [0.3, 0.4) is 0 Å². The average molecular weight is 308 g/mol. The van der Waals surface area contributed by atoms with E-state index in [1.54, 1.807) is 0 Å². The Morgan fingerprint density at radius 1 is 1.30 bits per heavy atom. The number of hydrogen-bond acceptors (Lipinski definition) is 4. The topological polar surface area (TPSA) is 70.0 Å². The van der Waals surface area contributed by atoms with Gasteiger partial charge in [0.15, 0.2) is 0 Å². The Morgan fingerprint density at radius 3 is 2.35 bits per heavy atom. The standard InChI is InChI=1S/C11H11F3N2O3S/c1-8-7-10(17,11(12,13)14)16(15-8)20(18,19)9-5-3-2-4-6-9/h2-6,17H,7H2,1H3. The molecule has 1 unspecified atom stereocenters. The molecule has 1 aliphatic heterocycles. The fourth-order valence-corrected chi connectivity index (χ4v) is 3.36. The highest BCUT2D eigenvalue weighted by Gasteiger charge is 2.64. The molecule has 0 spiro atoms. The van der Waals surface area contributed by atoms with E-state index in [4.69, 9.17) is 0 Å². The third-order valence-electron chi connectivity index (χ3n) is 2.80. The summed E-state index contributed by atoms with van der Waals surface area (Å²) in [5.74, 6) is 0. The van der Waals surface area contributed by atoms with Crippen molar-refractivity contribution < 1.29 is 26.7 Å². The first kappa shape index (κ1) is 14.8. The molecule has 0 bridgehead atoms. The van der Waals surface area contributed by atoms with Crippen molar-refractivity contribution in [3.63, 3.8) is 0 Å². The lowest BCUT2D eigenvalue weighted by Crippen LogP contribution is -2.56. The van der Waals surface area contributed by atoms with Gasteiger partial charge in [-0.15, -0.1) is 4.41 Å². The van der Waals surface area contributed by atoms with Gasteiger partial charge in [-0.05, 0) is 19.1 Å². The lowest BCUT2D eigenvalue weighted by molar-refractivity contribution is -0.291. The summed E-state index contributed by atoms with van der Waals surface area (Å²) in [7, 11) is -4.59. The van der Waals surface area contributed by atoms with Gasteiger partial charge in [-0.2, -0.15) is 26.7 Å². The molecule has 5 nitrogen and oxygen atoms in total. The largest absolute Gasteiger partial charge is 0.439 e. The fourth-order valence-electron chi connectivity index (χ4n) is 1.85. The Morgan fingerprint density at radius 2 is 1.85 bits per heavy atom. The van der Waals surface area contributed by atoms with Crippen LogP contribution < -0.4 is 0 Å². The van der Waals surface area contributed by atoms with Gasteiger partial charge in [-0.1, -0.05) is 18.2 Å². The molecule has 1 aromatic carbocycles. The van der Waals surface area contributed by atoms with Gasteiger partial charge in [0, 0.05) is 12.1 Å². The maximum absolute atomic E-state index is 13.0. The summed E-state index contributed by atoms with van der Waals surface area (Å²) >= 11 is 0. The Bertz CT molecular complexity index is 643. The predicted octanol–water partition coefficient (Wildman–Crippen LogP) is 1.71. The number of halogens is 3. The molecule has 1 aromatic rings. The first-order chi connectivity index (χ1) is 9.09. The summed E-state index contributed by atoms with van der Waals surface area (Å²) in [4.78, 5) is -0.374. The highest BCUT2D eigenvalue weighted by Crippen LogP contribution is 2.42. The second-order valence-electron chi connectivity index (χ2n) is 4.39. The van der Waals surface area contributed by atoms with E-state index in [9.17, 15) is 26.7 Å². The zero-order valence-electron chi connectivity index (χ0n) is 10.3. The Labute approximate surface area is 113 Å². The van der Waals surface area contributed by atoms with Crippen molar-refractivity contribution in [3.05, 3.63) is 30.3 Å². The number of benzene rings is 1. The van der Waals surface area contributed by atoms with Crippen LogP contribution in [0.2, 0.25) is 0 Å². The van der Waals surface area contributed by atoms with Crippen molar-refractivity contribution in [3.8, 4) is 0 Å². The van der Waals surface area contributed by atoms with E-state index < -0.39 is 28.3 Å². The normalized spacial score (nSPS) is 23.9. The maximum Gasteiger partial charge on any atom is 0.439 e. The minimum atomic E-state index is -5.16. The molecule has 0 saturated carbocycles. The second-order valence-corrected chi connectivity index (χ2v) is 6.15. The molecule has 20 heavy (non-hydrogen) atoms. The van der Waals surface area contributed by atoms with Gasteiger partial charge in [0.1, 0.15) is 0 Å². The number of nitrogens with zero attached hydrogens (tertiary/aromatic N) is 2. The van der Waals surface area contributed by atoms with Crippen molar-refractivity contribution in [1.82, 2.24) is 4.41 Å². The van der Waals surface area contributed by atoms with E-state index in [2.05, 4.69) is 5.10 Å². The number of hydrogen-bond donors (Lipinski definition) is 1. The van der Waals surface area contributed by atoms with Gasteiger partial charge in [0.05, 0.1) is 4.90 Å². The highest BCUT2D eigenvalue weighted by atomic mass is 32.2. The number of aliphatic hydroxyl groups is 1. The minimum absolute atomic E-state index is 0.121. The molecule has 1 heterocycles. The maximum atomic E-state index is 13.0. The third-order valence-corrected chi connectivity index (χ3v) is 4.51. The van der Waals surface area contributed by atoms with Crippen molar-refractivity contribution in [1.29, 1.82) is 0 Å². The van der Waals surface area contributed by atoms with Gasteiger partial charge in [0.2, 0.25) is 0 Å². The van der Waals surface area contributed by atoms with E-state index in [1.807, 2.05) is 0 Å². The molecule has 2 rings (SSSR count). The van der Waals surface area contributed by atoms with Crippen LogP contribution in [0.15, 0.2) is 40.3 Å². The molecule has 0 aromatic heterocycles. The lowest BCUT2D eigenvalue weighted by Gasteiger charge is -2.33. The van der Waals surface area contributed by atoms with Gasteiger partial charge in [-0.25, -0.2) is 0 Å². The average Bonchev–Trinajstić information content (AvgIpc) is 2.67. The smallest absolute Gasteiger partial charge is 0.361 e. The second kappa shape index (κ2) is 4.45. The van der Waals surface area contributed by atoms with Gasteiger partial charge in [-0.3, -0.25) is 0 Å². The Hall–Kier alpha value is -1.61. The number of sulfonamides is 1. The van der Waals surface area contributed by atoms with Crippen molar-refractivity contribution in [2.45, 2.75) is 30.1 Å². The van der Waals surface area contributed by atoms with Gasteiger partial charge in [0.25, 0.3) is 15.7 Å². The molecule has 1 N–H and O–H groups in total. The van der Waals surface area contributed by atoms with E-state index in [0.29, 0.717) is 0 Å². The molecule has 0 radical (unpaired) electrons. The number of alkyl halides is 3. The number of hydrazone groups is 1. The van der Waals surface area contributed by atoms with Crippen LogP contribution in [0.5, 0.6) is 0 Å². The minimum Gasteiger partial charge on any atom is -0.361 e. The van der Waals surface area contributed by atoms with Crippen LogP contribution >= 0.6 is 0 Å². The van der Waals surface area contributed by atoms with Crippen molar-refractivity contribution >= 4 is 15.7 Å². The van der Waals surface area contributed by atoms with E-state index in [0.717, 1.165) is 12.1 Å². The van der Waals surface area contributed by atoms with Gasteiger partial charge < -0.3 is 5.11 Å². The molecule has 0 saturated heterocycles. The SMILES string of the molecule is CC1=NN(S(=O)(=O)c2ccccc2)C(O)(C(F)(F)F)C1. The highest BCUT2D eigenvalue weighted by molar-refractivity contribution is 7.89. The molecule has 1 atom stereocenters. The van der Waals surface area contributed by atoms with Crippen molar-refractivity contribution in [2.75, 3.05) is 0 Å². The van der Waals surface area contributed by atoms with Crippen LogP contribution in [-0.2, 0) is 10.0 Å². The van der Waals surface area contributed by atoms with Crippen LogP contribution in [0.25, 0.3) is 0 Å². The summed E-state index contributed by atoms with van der Waals surface area (Å²) < 4.78 is 63.1. The summed E-state index contributed by atoms with van der Waals surface area (Å²) in [6.45, 7) is 1.22. The zero-order chi connectivity index (χ0) is 15.2. The summed E-state index contributed by atoms with van der Waals surface area (Å²) in [5.41, 5.74) is -3.67. The molecule has 1 aliphatic rings. The van der Waals surface area contributed by atoms with Crippen LogP contribution in [0.4, 0.5) is 13.2 Å². The van der Waals surface area contributed by atoms with Crippen molar-refractivity contribution in [2.24, 2.45) is 5.10 Å². The summed E-state index contributed by atoms with van der Waals surface area (Å²) in [6.07, 6.45) is -6.07. The van der Waals surface area contributed by atoms with E-state index >= 15 is 0 Å². The van der Waals surface area contributed by atoms with Crippen LogP contribution in [0.1, 0.15) is 13.3 Å². The lowest BCUT2D eigenvalue weighted by atomic mass is 10.1. The molecular weight excluding hydrogens is 297 g/mol. The monoisotopic (exact) mass is 308 g/mol. The molecule has 0 aliphatic carbocycles. The predicted molar refractivity (Wildman–Crippen MR) is 64.2 cm³/mol. The first-order valence-electron chi connectivity index (χ1n) is 5.53. The van der Waals surface area contributed by atoms with Gasteiger partial charge >= 0.3 is 6.18 Å². The zero-order valence-corrected chi connectivity index (χ0v) is 11.1. The summed E-state index contributed by atoms with van der Waals surface area (Å²) in [5, 5.41) is 13.1. The van der Waals surface area contributed by atoms with E-state index in [-0.39, 0.29) is 15.0 Å².